The first-order valence-electron chi connectivity index (χ1n) is 13.0. The van der Waals surface area contributed by atoms with Crippen molar-refractivity contribution in [2.75, 3.05) is 19.8 Å². The summed E-state index contributed by atoms with van der Waals surface area (Å²) in [6.07, 6.45) is -4.88. The third-order valence-electron chi connectivity index (χ3n) is 6.90. The molecular weight excluding hydrogens is 602 g/mol. The molecule has 1 unspecified atom stereocenters. The van der Waals surface area contributed by atoms with Gasteiger partial charge in [0.2, 0.25) is 0 Å². The molecule has 41 heavy (non-hydrogen) atoms. The highest BCUT2D eigenvalue weighted by molar-refractivity contribution is 7.91. The minimum Gasteiger partial charge on any atom is -0.406 e. The van der Waals surface area contributed by atoms with Crippen LogP contribution in [0.4, 0.5) is 13.2 Å². The molecule has 7 nitrogen and oxygen atoms in total. The fraction of sp³-hybridized carbons (Fsp3) is 0.357. The molecule has 0 aliphatic carbocycles. The van der Waals surface area contributed by atoms with Crippen molar-refractivity contribution in [3.63, 3.8) is 0 Å². The normalized spacial score (nSPS) is 21.5. The van der Waals surface area contributed by atoms with E-state index in [1.54, 1.807) is 12.1 Å². The SMILES string of the molecule is CCCN=S(=O)(N[C@H]1COCC[C@@H](n2c3ccc(Cl)cc3c3cc(Cl)ccc32)[C@H]1O)c1ccc(OC(F)(F)F)cc1. The number of aromatic nitrogens is 1. The van der Waals surface area contributed by atoms with E-state index in [0.717, 1.165) is 33.9 Å². The summed E-state index contributed by atoms with van der Waals surface area (Å²) >= 11 is 12.6. The van der Waals surface area contributed by atoms with Crippen molar-refractivity contribution in [2.24, 2.45) is 4.36 Å². The molecule has 0 radical (unpaired) electrons. The molecule has 4 atom stereocenters. The molecule has 1 aromatic heterocycles. The van der Waals surface area contributed by atoms with E-state index in [2.05, 4.69) is 13.8 Å². The molecule has 220 valence electrons. The maximum absolute atomic E-state index is 14.2. The second-order valence-electron chi connectivity index (χ2n) is 9.74. The van der Waals surface area contributed by atoms with E-state index in [9.17, 15) is 22.5 Å². The average Bonchev–Trinajstić information content (AvgIpc) is 3.11. The van der Waals surface area contributed by atoms with Gasteiger partial charge < -0.3 is 19.1 Å². The Bertz CT molecular complexity index is 1610. The van der Waals surface area contributed by atoms with Gasteiger partial charge >= 0.3 is 6.36 Å². The molecule has 0 spiro atoms. The first-order valence-corrected chi connectivity index (χ1v) is 15.3. The van der Waals surface area contributed by atoms with Gasteiger partial charge in [-0.25, -0.2) is 13.3 Å². The van der Waals surface area contributed by atoms with Crippen LogP contribution < -0.4 is 9.46 Å². The first kappa shape index (κ1) is 29.9. The molecule has 5 rings (SSSR count). The first-order chi connectivity index (χ1) is 19.5. The molecule has 2 N–H and O–H groups in total. The lowest BCUT2D eigenvalue weighted by atomic mass is 10.0. The molecule has 4 aromatic rings. The number of aliphatic hydroxyl groups is 1. The van der Waals surface area contributed by atoms with Gasteiger partial charge in [0.1, 0.15) is 15.7 Å². The minimum absolute atomic E-state index is 0.0420. The number of ether oxygens (including phenoxy) is 2. The van der Waals surface area contributed by atoms with Crippen LogP contribution in [-0.4, -0.2) is 52.1 Å². The number of nitrogens with zero attached hydrogens (tertiary/aromatic N) is 2. The van der Waals surface area contributed by atoms with Crippen LogP contribution >= 0.6 is 23.2 Å². The topological polar surface area (TPSA) is 85.1 Å². The van der Waals surface area contributed by atoms with Gasteiger partial charge in [-0.1, -0.05) is 30.1 Å². The molecule has 13 heteroatoms. The predicted octanol–water partition coefficient (Wildman–Crippen LogP) is 7.13. The van der Waals surface area contributed by atoms with Crippen LogP contribution in [0.25, 0.3) is 21.8 Å². The van der Waals surface area contributed by atoms with E-state index >= 15 is 0 Å². The van der Waals surface area contributed by atoms with E-state index in [4.69, 9.17) is 27.9 Å². The Morgan fingerprint density at radius 2 is 1.68 bits per heavy atom. The van der Waals surface area contributed by atoms with E-state index in [-0.39, 0.29) is 18.0 Å². The van der Waals surface area contributed by atoms with Crippen molar-refractivity contribution < 1.29 is 32.0 Å². The zero-order valence-electron chi connectivity index (χ0n) is 21.9. The number of nitrogens with one attached hydrogen (secondary N) is 1. The smallest absolute Gasteiger partial charge is 0.406 e. The van der Waals surface area contributed by atoms with Gasteiger partial charge in [0.05, 0.1) is 29.7 Å². The molecule has 0 bridgehead atoms. The van der Waals surface area contributed by atoms with Crippen LogP contribution in [-0.2, 0) is 14.7 Å². The van der Waals surface area contributed by atoms with E-state index in [0.29, 0.717) is 29.5 Å². The molecule has 0 saturated carbocycles. The zero-order valence-corrected chi connectivity index (χ0v) is 24.2. The van der Waals surface area contributed by atoms with Crippen LogP contribution in [0.3, 0.4) is 0 Å². The van der Waals surface area contributed by atoms with Gasteiger partial charge in [0, 0.05) is 45.0 Å². The van der Waals surface area contributed by atoms with Crippen LogP contribution in [0.1, 0.15) is 25.8 Å². The summed E-state index contributed by atoms with van der Waals surface area (Å²) in [5, 5.41) is 14.7. The summed E-state index contributed by atoms with van der Waals surface area (Å²) in [7, 11) is -3.37. The van der Waals surface area contributed by atoms with Gasteiger partial charge in [-0.05, 0) is 73.5 Å². The Balaban J connectivity index is 1.53. The van der Waals surface area contributed by atoms with Crippen molar-refractivity contribution in [1.29, 1.82) is 0 Å². The summed E-state index contributed by atoms with van der Waals surface area (Å²) in [6, 6.07) is 14.4. The molecule has 2 heterocycles. The van der Waals surface area contributed by atoms with Gasteiger partial charge in [-0.15, -0.1) is 13.2 Å². The molecule has 0 amide bonds. The van der Waals surface area contributed by atoms with Gasteiger partial charge in [-0.3, -0.25) is 0 Å². The Morgan fingerprint density at radius 1 is 1.07 bits per heavy atom. The van der Waals surface area contributed by atoms with Crippen molar-refractivity contribution >= 4 is 54.9 Å². The second kappa shape index (κ2) is 12.0. The van der Waals surface area contributed by atoms with Crippen molar-refractivity contribution in [3.8, 4) is 5.75 Å². The highest BCUT2D eigenvalue weighted by Gasteiger charge is 2.36. The van der Waals surface area contributed by atoms with Crippen molar-refractivity contribution in [2.45, 2.75) is 49.2 Å². The highest BCUT2D eigenvalue weighted by atomic mass is 35.5. The molecule has 1 saturated heterocycles. The second-order valence-corrected chi connectivity index (χ2v) is 12.6. The van der Waals surface area contributed by atoms with Crippen LogP contribution in [0.15, 0.2) is 69.9 Å². The Labute approximate surface area is 245 Å². The van der Waals surface area contributed by atoms with E-state index < -0.39 is 40.2 Å². The quantitative estimate of drug-likeness (QED) is 0.228. The number of hydrogen-bond donors (Lipinski definition) is 2. The summed E-state index contributed by atoms with van der Waals surface area (Å²) in [6.45, 7) is 2.47. The molecule has 1 aliphatic heterocycles. The van der Waals surface area contributed by atoms with Gasteiger partial charge in [0.15, 0.2) is 0 Å². The fourth-order valence-corrected chi connectivity index (χ4v) is 7.39. The molecule has 1 fully saturated rings. The van der Waals surface area contributed by atoms with Gasteiger partial charge in [0.25, 0.3) is 0 Å². The van der Waals surface area contributed by atoms with Crippen LogP contribution in [0, 0.1) is 0 Å². The average molecular weight is 631 g/mol. The summed E-state index contributed by atoms with van der Waals surface area (Å²) in [5.41, 5.74) is 1.68. The van der Waals surface area contributed by atoms with Crippen LogP contribution in [0.2, 0.25) is 10.0 Å². The number of alkyl halides is 3. The standard InChI is InChI=1S/C28H28Cl2F3N3O4S/c1-2-12-34-41(38,20-7-5-19(6-8-20)40-28(31,32)33)35-23-16-39-13-11-26(27(23)37)36-24-9-3-17(29)14-21(24)22-15-18(30)4-10-25(22)36/h3-10,14-15,23,26-27,37H,2,11-13,16H2,1H3,(H,34,35,38)/t23-,26+,27-,41?/m0/s1. The lowest BCUT2D eigenvalue weighted by molar-refractivity contribution is -0.274. The fourth-order valence-electron chi connectivity index (χ4n) is 5.12. The Morgan fingerprint density at radius 3 is 2.24 bits per heavy atom. The zero-order chi connectivity index (χ0) is 29.4. The third-order valence-corrected chi connectivity index (χ3v) is 9.45. The van der Waals surface area contributed by atoms with Crippen molar-refractivity contribution in [1.82, 2.24) is 9.29 Å². The summed E-state index contributed by atoms with van der Waals surface area (Å²) < 4.78 is 71.4. The van der Waals surface area contributed by atoms with Crippen LogP contribution in [0.5, 0.6) is 5.75 Å². The van der Waals surface area contributed by atoms with E-state index in [1.807, 2.05) is 35.8 Å². The summed E-state index contributed by atoms with van der Waals surface area (Å²) in [4.78, 5) is 0.162. The number of hydrogen-bond acceptors (Lipinski definition) is 5. The lowest BCUT2D eigenvalue weighted by Gasteiger charge is -2.30. The minimum atomic E-state index is -4.85. The molecule has 1 aliphatic rings. The third kappa shape index (κ3) is 6.45. The maximum atomic E-state index is 14.2. The number of benzene rings is 3. The monoisotopic (exact) mass is 629 g/mol. The lowest BCUT2D eigenvalue weighted by Crippen LogP contribution is -2.48. The maximum Gasteiger partial charge on any atom is 0.573 e. The highest BCUT2D eigenvalue weighted by Crippen LogP contribution is 2.38. The Hall–Kier alpha value is -2.54. The number of aliphatic hydroxyl groups excluding tert-OH is 1. The molecule has 3 aromatic carbocycles. The molecular formula is C28H28Cl2F3N3O4S. The predicted molar refractivity (Wildman–Crippen MR) is 154 cm³/mol. The van der Waals surface area contributed by atoms with Gasteiger partial charge in [-0.2, -0.15) is 0 Å². The van der Waals surface area contributed by atoms with Crippen molar-refractivity contribution in [3.05, 3.63) is 70.7 Å². The summed E-state index contributed by atoms with van der Waals surface area (Å²) in [5.74, 6) is -0.442. The largest absolute Gasteiger partial charge is 0.573 e. The number of halogens is 5. The van der Waals surface area contributed by atoms with E-state index in [1.165, 1.54) is 12.1 Å². The number of fused-ring (bicyclic) bond motifs is 3. The number of rotatable bonds is 7. The Kier molecular flexibility index (Phi) is 8.75.